The number of methoxy groups -OCH3 is 1. The Hall–Kier alpha value is -4.80. The topological polar surface area (TPSA) is 100 Å². The lowest BCUT2D eigenvalue weighted by Crippen LogP contribution is -2.39. The molecule has 2 aromatic carbocycles. The van der Waals surface area contributed by atoms with Gasteiger partial charge >= 0.3 is 11.9 Å². The number of hydrogen-bond donors (Lipinski definition) is 0. The average Bonchev–Trinajstić information content (AvgIpc) is 3.78. The number of thiophene rings is 1. The van der Waals surface area contributed by atoms with Crippen LogP contribution in [0, 0.1) is 0 Å². The van der Waals surface area contributed by atoms with Crippen molar-refractivity contribution in [2.24, 2.45) is 4.99 Å². The predicted octanol–water partition coefficient (Wildman–Crippen LogP) is 5.04. The zero-order valence-electron chi connectivity index (χ0n) is 22.6. The third-order valence-corrected chi connectivity index (χ3v) is 8.59. The third kappa shape index (κ3) is 4.95. The van der Waals surface area contributed by atoms with Crippen LogP contribution in [0.5, 0.6) is 0 Å². The van der Waals surface area contributed by atoms with E-state index in [9.17, 15) is 14.4 Å². The van der Waals surface area contributed by atoms with Gasteiger partial charge in [0.2, 0.25) is 0 Å². The molecule has 0 amide bonds. The second-order valence-corrected chi connectivity index (χ2v) is 11.2. The highest BCUT2D eigenvalue weighted by molar-refractivity contribution is 7.10. The molecule has 0 N–H and O–H groups in total. The second-order valence-electron chi connectivity index (χ2n) is 9.19. The smallest absolute Gasteiger partial charge is 0.338 e. The third-order valence-electron chi connectivity index (χ3n) is 6.68. The Morgan fingerprint density at radius 1 is 1.00 bits per heavy atom. The minimum absolute atomic E-state index is 0.186. The van der Waals surface area contributed by atoms with Gasteiger partial charge < -0.3 is 13.9 Å². The van der Waals surface area contributed by atoms with E-state index in [1.165, 1.54) is 29.8 Å². The number of furan rings is 1. The molecule has 3 aromatic heterocycles. The molecule has 0 saturated carbocycles. The summed E-state index contributed by atoms with van der Waals surface area (Å²) in [5, 5.41) is 1.91. The van der Waals surface area contributed by atoms with Gasteiger partial charge in [0.25, 0.3) is 5.56 Å². The van der Waals surface area contributed by atoms with E-state index in [4.69, 9.17) is 18.9 Å². The molecule has 6 rings (SSSR count). The van der Waals surface area contributed by atoms with Crippen LogP contribution in [0.15, 0.2) is 104 Å². The number of carbonyl (C=O) groups excluding carboxylic acids is 2. The van der Waals surface area contributed by atoms with E-state index in [1.54, 1.807) is 54.0 Å². The molecule has 10 heteroatoms. The predicted molar refractivity (Wildman–Crippen MR) is 161 cm³/mol. The molecule has 0 spiro atoms. The molecule has 0 aliphatic carbocycles. The minimum atomic E-state index is -0.711. The van der Waals surface area contributed by atoms with Gasteiger partial charge in [-0.25, -0.2) is 14.6 Å². The van der Waals surface area contributed by atoms with Crippen LogP contribution in [-0.4, -0.2) is 30.2 Å². The van der Waals surface area contributed by atoms with Gasteiger partial charge in [0.15, 0.2) is 4.80 Å². The fourth-order valence-electron chi connectivity index (χ4n) is 4.85. The van der Waals surface area contributed by atoms with Gasteiger partial charge in [-0.2, -0.15) is 0 Å². The highest BCUT2D eigenvalue weighted by Gasteiger charge is 2.35. The first-order valence-electron chi connectivity index (χ1n) is 13.1. The molecule has 5 aromatic rings. The Kier molecular flexibility index (Phi) is 7.56. The van der Waals surface area contributed by atoms with Gasteiger partial charge in [-0.15, -0.1) is 11.3 Å². The molecule has 0 radical (unpaired) electrons. The van der Waals surface area contributed by atoms with Crippen molar-refractivity contribution in [1.29, 1.82) is 0 Å². The highest BCUT2D eigenvalue weighted by atomic mass is 32.1. The summed E-state index contributed by atoms with van der Waals surface area (Å²) in [6, 6.07) is 23.0. The van der Waals surface area contributed by atoms with E-state index in [2.05, 4.69) is 0 Å². The molecule has 0 fully saturated rings. The first-order chi connectivity index (χ1) is 20.5. The number of hydrogen-bond acceptors (Lipinski definition) is 9. The number of benzene rings is 2. The van der Waals surface area contributed by atoms with Crippen molar-refractivity contribution in [2.75, 3.05) is 13.7 Å². The van der Waals surface area contributed by atoms with Gasteiger partial charge in [-0.3, -0.25) is 9.36 Å². The average molecular weight is 597 g/mol. The van der Waals surface area contributed by atoms with Crippen LogP contribution in [0.4, 0.5) is 0 Å². The number of rotatable bonds is 7. The maximum atomic E-state index is 14.0. The van der Waals surface area contributed by atoms with Crippen molar-refractivity contribution in [3.05, 3.63) is 131 Å². The van der Waals surface area contributed by atoms with Crippen molar-refractivity contribution in [3.8, 4) is 11.3 Å². The Balaban J connectivity index is 1.52. The minimum Gasteiger partial charge on any atom is -0.465 e. The maximum Gasteiger partial charge on any atom is 0.338 e. The molecule has 1 atom stereocenters. The number of thiazole rings is 1. The Morgan fingerprint density at radius 2 is 1.79 bits per heavy atom. The molecule has 210 valence electrons. The molecule has 4 heterocycles. The molecular weight excluding hydrogens is 572 g/mol. The normalized spacial score (nSPS) is 14.8. The van der Waals surface area contributed by atoms with Crippen LogP contribution in [0.2, 0.25) is 0 Å². The van der Waals surface area contributed by atoms with Crippen molar-refractivity contribution >= 4 is 46.4 Å². The van der Waals surface area contributed by atoms with Crippen molar-refractivity contribution in [3.63, 3.8) is 0 Å². The Labute approximate surface area is 248 Å². The molecule has 42 heavy (non-hydrogen) atoms. The number of aromatic nitrogens is 1. The number of esters is 2. The largest absolute Gasteiger partial charge is 0.465 e. The Bertz CT molecular complexity index is 2000. The Morgan fingerprint density at radius 3 is 2.52 bits per heavy atom. The SMILES string of the molecule is CCOC(=O)C1=C(c2ccccc2)N=c2s/c(=C/c3ccc(-c4ccccc4C(=O)OC)o3)c(=O)n2[C@@H]1c1cccs1. The quantitative estimate of drug-likeness (QED) is 0.244. The molecule has 0 saturated heterocycles. The lowest BCUT2D eigenvalue weighted by molar-refractivity contribution is -0.138. The molecule has 1 aliphatic heterocycles. The van der Waals surface area contributed by atoms with E-state index in [0.29, 0.717) is 43.3 Å². The highest BCUT2D eigenvalue weighted by Crippen LogP contribution is 2.37. The van der Waals surface area contributed by atoms with E-state index >= 15 is 0 Å². The van der Waals surface area contributed by atoms with Crippen LogP contribution < -0.4 is 14.9 Å². The van der Waals surface area contributed by atoms with Crippen molar-refractivity contribution < 1.29 is 23.5 Å². The van der Waals surface area contributed by atoms with Crippen LogP contribution in [0.25, 0.3) is 23.1 Å². The summed E-state index contributed by atoms with van der Waals surface area (Å²) in [6.07, 6.45) is 1.65. The van der Waals surface area contributed by atoms with E-state index in [-0.39, 0.29) is 12.2 Å². The summed E-state index contributed by atoms with van der Waals surface area (Å²) >= 11 is 2.67. The molecule has 8 nitrogen and oxygen atoms in total. The molecular formula is C32H24N2O6S2. The summed E-state index contributed by atoms with van der Waals surface area (Å²) in [5.74, 6) is -0.109. The van der Waals surface area contributed by atoms with E-state index < -0.39 is 18.0 Å². The van der Waals surface area contributed by atoms with Gasteiger partial charge in [0, 0.05) is 22.1 Å². The van der Waals surface area contributed by atoms with Gasteiger partial charge in [-0.1, -0.05) is 65.9 Å². The summed E-state index contributed by atoms with van der Waals surface area (Å²) in [6.45, 7) is 1.93. The van der Waals surface area contributed by atoms with Crippen molar-refractivity contribution in [1.82, 2.24) is 4.57 Å². The maximum absolute atomic E-state index is 14.0. The summed E-state index contributed by atoms with van der Waals surface area (Å²) < 4.78 is 18.4. The second kappa shape index (κ2) is 11.6. The van der Waals surface area contributed by atoms with E-state index in [0.717, 1.165) is 10.4 Å². The van der Waals surface area contributed by atoms with Gasteiger partial charge in [0.1, 0.15) is 17.6 Å². The fourth-order valence-corrected chi connectivity index (χ4v) is 6.65. The molecule has 1 aliphatic rings. The standard InChI is InChI=1S/C32H24N2O6S2/c1-3-39-31(37)26-27(19-10-5-4-6-11-19)33-32-34(28(26)24-14-9-17-41-24)29(35)25(42-32)18-20-15-16-23(40-20)21-12-7-8-13-22(21)30(36)38-2/h4-18,28H,3H2,1-2H3/b25-18+/t28-/m1/s1. The zero-order valence-corrected chi connectivity index (χ0v) is 24.2. The number of carbonyl (C=O) groups is 2. The van der Waals surface area contributed by atoms with Crippen LogP contribution in [0.3, 0.4) is 0 Å². The molecule has 0 bridgehead atoms. The summed E-state index contributed by atoms with van der Waals surface area (Å²) in [4.78, 5) is 45.8. The molecule has 0 unspecified atom stereocenters. The number of ether oxygens (including phenoxy) is 2. The first kappa shape index (κ1) is 27.4. The number of nitrogens with zero attached hydrogens (tertiary/aromatic N) is 2. The van der Waals surface area contributed by atoms with Gasteiger partial charge in [0.05, 0.1) is 35.1 Å². The van der Waals surface area contributed by atoms with Crippen LogP contribution in [0.1, 0.15) is 39.5 Å². The number of fused-ring (bicyclic) bond motifs is 1. The monoisotopic (exact) mass is 596 g/mol. The lowest BCUT2D eigenvalue weighted by atomic mass is 9.97. The van der Waals surface area contributed by atoms with E-state index in [1.807, 2.05) is 47.8 Å². The summed E-state index contributed by atoms with van der Waals surface area (Å²) in [5.41, 5.74) is 2.17. The first-order valence-corrected chi connectivity index (χ1v) is 14.8. The fraction of sp³-hybridized carbons (Fsp3) is 0.125. The van der Waals surface area contributed by atoms with Crippen molar-refractivity contribution in [2.45, 2.75) is 13.0 Å². The lowest BCUT2D eigenvalue weighted by Gasteiger charge is -2.24. The van der Waals surface area contributed by atoms with Gasteiger partial charge in [-0.05, 0) is 36.6 Å². The van der Waals surface area contributed by atoms with Crippen LogP contribution in [-0.2, 0) is 14.3 Å². The summed E-state index contributed by atoms with van der Waals surface area (Å²) in [7, 11) is 1.33. The zero-order chi connectivity index (χ0) is 29.2. The van der Waals surface area contributed by atoms with Crippen LogP contribution >= 0.6 is 22.7 Å².